The molecule has 0 radical (unpaired) electrons. The molecule has 2 bridgehead atoms. The van der Waals surface area contributed by atoms with Crippen molar-refractivity contribution < 1.29 is 18.3 Å². The van der Waals surface area contributed by atoms with E-state index in [1.165, 1.54) is 16.8 Å². The number of carbonyl (C=O) groups is 1. The molecule has 2 saturated carbocycles. The van der Waals surface area contributed by atoms with Gasteiger partial charge in [0, 0.05) is 24.7 Å². The molecule has 1 unspecified atom stereocenters. The zero-order valence-electron chi connectivity index (χ0n) is 18.4. The average molecular weight is 435 g/mol. The maximum Gasteiger partial charge on any atom is 0.251 e. The van der Waals surface area contributed by atoms with Crippen molar-refractivity contribution in [1.82, 2.24) is 9.62 Å². The first-order chi connectivity index (χ1) is 13.9. The zero-order chi connectivity index (χ0) is 21.9. The fraction of sp³-hybridized carbons (Fsp3) is 0.696. The Labute approximate surface area is 180 Å². The number of amides is 1. The summed E-state index contributed by atoms with van der Waals surface area (Å²) in [5.74, 6) is 0.420. The fourth-order valence-corrected chi connectivity index (χ4v) is 7.84. The van der Waals surface area contributed by atoms with Crippen LogP contribution in [0.3, 0.4) is 0 Å². The summed E-state index contributed by atoms with van der Waals surface area (Å²) in [7, 11) is -3.70. The maximum absolute atomic E-state index is 13.2. The lowest BCUT2D eigenvalue weighted by molar-refractivity contribution is 0.0737. The molecule has 3 aliphatic rings. The molecule has 30 heavy (non-hydrogen) atoms. The molecular weight excluding hydrogens is 400 g/mol. The number of rotatable bonds is 4. The predicted octanol–water partition coefficient (Wildman–Crippen LogP) is 3.09. The van der Waals surface area contributed by atoms with Crippen molar-refractivity contribution in [2.24, 2.45) is 16.7 Å². The minimum atomic E-state index is -3.70. The highest BCUT2D eigenvalue weighted by Gasteiger charge is 2.59. The number of nitrogens with zero attached hydrogens (tertiary/aromatic N) is 1. The maximum atomic E-state index is 13.2. The minimum Gasteiger partial charge on any atom is -0.393 e. The van der Waals surface area contributed by atoms with Crippen LogP contribution in [0.15, 0.2) is 23.1 Å². The predicted molar refractivity (Wildman–Crippen MR) is 116 cm³/mol. The Kier molecular flexibility index (Phi) is 5.31. The van der Waals surface area contributed by atoms with E-state index in [0.717, 1.165) is 12.8 Å². The van der Waals surface area contributed by atoms with E-state index < -0.39 is 16.1 Å². The van der Waals surface area contributed by atoms with Gasteiger partial charge in [-0.25, -0.2) is 8.42 Å². The Hall–Kier alpha value is -1.44. The summed E-state index contributed by atoms with van der Waals surface area (Å²) < 4.78 is 27.8. The molecule has 6 nitrogen and oxygen atoms in total. The Bertz CT molecular complexity index is 945. The molecule has 3 fully saturated rings. The lowest BCUT2D eigenvalue weighted by atomic mass is 9.68. The van der Waals surface area contributed by atoms with E-state index in [-0.39, 0.29) is 27.7 Å². The van der Waals surface area contributed by atoms with Gasteiger partial charge < -0.3 is 10.4 Å². The van der Waals surface area contributed by atoms with Crippen LogP contribution in [0, 0.1) is 23.7 Å². The number of sulfonamides is 1. The van der Waals surface area contributed by atoms with Crippen LogP contribution >= 0.6 is 0 Å². The van der Waals surface area contributed by atoms with Crippen LogP contribution in [0.5, 0.6) is 0 Å². The Morgan fingerprint density at radius 1 is 1.17 bits per heavy atom. The van der Waals surface area contributed by atoms with Crippen molar-refractivity contribution >= 4 is 15.9 Å². The number of aliphatic hydroxyl groups is 1. The number of piperidine rings is 1. The quantitative estimate of drug-likeness (QED) is 0.762. The molecule has 2 aliphatic carbocycles. The van der Waals surface area contributed by atoms with Crippen molar-refractivity contribution in [2.45, 2.75) is 76.8 Å². The fourth-order valence-electron chi connectivity index (χ4n) is 6.12. The van der Waals surface area contributed by atoms with E-state index in [1.54, 1.807) is 19.1 Å². The van der Waals surface area contributed by atoms with Crippen LogP contribution in [-0.2, 0) is 10.0 Å². The van der Waals surface area contributed by atoms with Gasteiger partial charge in [0.2, 0.25) is 10.0 Å². The Morgan fingerprint density at radius 2 is 1.83 bits per heavy atom. The molecule has 166 valence electrons. The van der Waals surface area contributed by atoms with Crippen molar-refractivity contribution in [3.8, 4) is 0 Å². The molecule has 3 atom stereocenters. The second kappa shape index (κ2) is 7.31. The smallest absolute Gasteiger partial charge is 0.251 e. The highest BCUT2D eigenvalue weighted by atomic mass is 32.2. The summed E-state index contributed by atoms with van der Waals surface area (Å²) in [4.78, 5) is 13.3. The SMILES string of the molecule is Cc1ccc(C(=O)NC2C(C)(C)[C@H]3CC[C@@]2(C)C3)cc1S(=O)(=O)N1CCC(O)CC1. The molecule has 1 aliphatic heterocycles. The van der Waals surface area contributed by atoms with Gasteiger partial charge in [-0.2, -0.15) is 4.31 Å². The summed E-state index contributed by atoms with van der Waals surface area (Å²) in [5.41, 5.74) is 1.16. The van der Waals surface area contributed by atoms with Crippen LogP contribution in [0.2, 0.25) is 0 Å². The van der Waals surface area contributed by atoms with Gasteiger partial charge in [0.15, 0.2) is 0 Å². The largest absolute Gasteiger partial charge is 0.393 e. The molecule has 1 aromatic rings. The van der Waals surface area contributed by atoms with Crippen LogP contribution in [0.1, 0.15) is 68.8 Å². The van der Waals surface area contributed by atoms with E-state index >= 15 is 0 Å². The Morgan fingerprint density at radius 3 is 2.43 bits per heavy atom. The third-order valence-corrected chi connectivity index (χ3v) is 10.1. The molecule has 7 heteroatoms. The van der Waals surface area contributed by atoms with Gasteiger partial charge in [0.05, 0.1) is 11.0 Å². The van der Waals surface area contributed by atoms with E-state index in [4.69, 9.17) is 0 Å². The molecule has 0 spiro atoms. The summed E-state index contributed by atoms with van der Waals surface area (Å²) >= 11 is 0. The summed E-state index contributed by atoms with van der Waals surface area (Å²) in [6.07, 6.45) is 3.91. The number of aryl methyl sites for hydroxylation is 1. The van der Waals surface area contributed by atoms with E-state index in [1.807, 2.05) is 0 Å². The molecule has 0 aromatic heterocycles. The number of hydrogen-bond donors (Lipinski definition) is 2. The monoisotopic (exact) mass is 434 g/mol. The number of aliphatic hydroxyl groups excluding tert-OH is 1. The van der Waals surface area contributed by atoms with Gasteiger partial charge in [0.25, 0.3) is 5.91 Å². The van der Waals surface area contributed by atoms with Crippen LogP contribution in [-0.4, -0.2) is 49.0 Å². The lowest BCUT2D eigenvalue weighted by Gasteiger charge is -2.43. The van der Waals surface area contributed by atoms with E-state index in [0.29, 0.717) is 43.0 Å². The standard InChI is InChI=1S/C23H34N2O4S/c1-15-5-6-16(13-19(15)30(28,29)25-11-8-18(26)9-12-25)20(27)24-21-22(2,3)17-7-10-23(21,4)14-17/h5-6,13,17-18,21,26H,7-12,14H2,1-4H3,(H,24,27)/t17-,21?,23-/m0/s1. The lowest BCUT2D eigenvalue weighted by Crippen LogP contribution is -2.52. The van der Waals surface area contributed by atoms with Crippen molar-refractivity contribution in [1.29, 1.82) is 0 Å². The van der Waals surface area contributed by atoms with Gasteiger partial charge in [-0.1, -0.05) is 26.8 Å². The van der Waals surface area contributed by atoms with Crippen molar-refractivity contribution in [3.05, 3.63) is 29.3 Å². The number of fused-ring (bicyclic) bond motifs is 2. The second-order valence-electron chi connectivity index (χ2n) is 10.4. The third kappa shape index (κ3) is 3.49. The van der Waals surface area contributed by atoms with Crippen LogP contribution < -0.4 is 5.32 Å². The highest BCUT2D eigenvalue weighted by Crippen LogP contribution is 2.62. The number of carbonyl (C=O) groups excluding carboxylic acids is 1. The summed E-state index contributed by atoms with van der Waals surface area (Å²) in [6, 6.07) is 5.04. The topological polar surface area (TPSA) is 86.7 Å². The second-order valence-corrected chi connectivity index (χ2v) is 12.3. The normalized spacial score (nSPS) is 31.8. The molecule has 4 rings (SSSR count). The van der Waals surface area contributed by atoms with E-state index in [2.05, 4.69) is 26.1 Å². The molecule has 1 saturated heterocycles. The van der Waals surface area contributed by atoms with Gasteiger partial charge in [-0.15, -0.1) is 0 Å². The first kappa shape index (κ1) is 21.8. The first-order valence-corrected chi connectivity index (χ1v) is 12.5. The summed E-state index contributed by atoms with van der Waals surface area (Å²) in [5, 5.41) is 13.0. The van der Waals surface area contributed by atoms with Crippen LogP contribution in [0.4, 0.5) is 0 Å². The molecule has 1 heterocycles. The molecule has 2 N–H and O–H groups in total. The highest BCUT2D eigenvalue weighted by molar-refractivity contribution is 7.89. The third-order valence-electron chi connectivity index (χ3n) is 8.04. The van der Waals surface area contributed by atoms with E-state index in [9.17, 15) is 18.3 Å². The van der Waals surface area contributed by atoms with Gasteiger partial charge in [0.1, 0.15) is 0 Å². The average Bonchev–Trinajstić information content (AvgIpc) is 3.16. The number of hydrogen-bond acceptors (Lipinski definition) is 4. The van der Waals surface area contributed by atoms with Gasteiger partial charge in [-0.3, -0.25) is 4.79 Å². The first-order valence-electron chi connectivity index (χ1n) is 11.0. The molecular formula is C23H34N2O4S. The molecule has 1 amide bonds. The Balaban J connectivity index is 1.58. The zero-order valence-corrected chi connectivity index (χ0v) is 19.3. The van der Waals surface area contributed by atoms with Gasteiger partial charge >= 0.3 is 0 Å². The van der Waals surface area contributed by atoms with Crippen LogP contribution in [0.25, 0.3) is 0 Å². The van der Waals surface area contributed by atoms with Crippen molar-refractivity contribution in [2.75, 3.05) is 13.1 Å². The number of benzene rings is 1. The van der Waals surface area contributed by atoms with Crippen molar-refractivity contribution in [3.63, 3.8) is 0 Å². The van der Waals surface area contributed by atoms with Gasteiger partial charge in [-0.05, 0) is 73.5 Å². The minimum absolute atomic E-state index is 0.0386. The summed E-state index contributed by atoms with van der Waals surface area (Å²) in [6.45, 7) is 9.10. The number of nitrogens with one attached hydrogen (secondary N) is 1. The molecule has 1 aromatic carbocycles.